The third kappa shape index (κ3) is 5.43. The van der Waals surface area contributed by atoms with E-state index in [1.807, 2.05) is 31.2 Å². The number of methoxy groups -OCH3 is 1. The molecule has 0 radical (unpaired) electrons. The molecule has 0 fully saturated rings. The largest absolute Gasteiger partial charge is 0.497 e. The zero-order valence-electron chi connectivity index (χ0n) is 16.4. The van der Waals surface area contributed by atoms with Crippen molar-refractivity contribution in [1.29, 1.82) is 0 Å². The number of halogens is 1. The molecule has 0 aliphatic carbocycles. The van der Waals surface area contributed by atoms with Crippen molar-refractivity contribution in [2.75, 3.05) is 13.7 Å². The molecule has 0 saturated heterocycles. The highest BCUT2D eigenvalue weighted by molar-refractivity contribution is 7.89. The van der Waals surface area contributed by atoms with Crippen LogP contribution in [0.5, 0.6) is 5.75 Å². The normalized spacial score (nSPS) is 12.5. The van der Waals surface area contributed by atoms with Crippen molar-refractivity contribution in [3.63, 3.8) is 0 Å². The first-order valence-electron chi connectivity index (χ1n) is 9.35. The number of ether oxygens (including phenoxy) is 1. The van der Waals surface area contributed by atoms with E-state index in [4.69, 9.17) is 4.74 Å². The predicted molar refractivity (Wildman–Crippen MR) is 112 cm³/mol. The second-order valence-electron chi connectivity index (χ2n) is 6.88. The maximum absolute atomic E-state index is 13.4. The first-order valence-corrected chi connectivity index (χ1v) is 10.8. The van der Waals surface area contributed by atoms with Crippen molar-refractivity contribution in [3.05, 3.63) is 95.3 Å². The molecule has 0 aliphatic heterocycles. The lowest BCUT2D eigenvalue weighted by molar-refractivity contribution is 0.414. The third-order valence-electron chi connectivity index (χ3n) is 4.85. The third-order valence-corrected chi connectivity index (χ3v) is 6.32. The van der Waals surface area contributed by atoms with E-state index in [9.17, 15) is 12.8 Å². The van der Waals surface area contributed by atoms with Crippen molar-refractivity contribution in [2.24, 2.45) is 0 Å². The minimum Gasteiger partial charge on any atom is -0.497 e. The SMILES string of the molecule is COc1ccc(C(CCNS(=O)(=O)c2ccc(C)cc2)c2ccc(F)cc2)cc1. The first-order chi connectivity index (χ1) is 13.9. The molecule has 0 bridgehead atoms. The molecule has 6 heteroatoms. The fourth-order valence-electron chi connectivity index (χ4n) is 3.20. The van der Waals surface area contributed by atoms with Gasteiger partial charge >= 0.3 is 0 Å². The molecule has 3 aromatic rings. The molecular formula is C23H24FNO3S. The Morgan fingerprint density at radius 1 is 0.897 bits per heavy atom. The number of aryl methyl sites for hydroxylation is 1. The molecule has 1 N–H and O–H groups in total. The fraction of sp³-hybridized carbons (Fsp3) is 0.217. The molecule has 152 valence electrons. The second kappa shape index (κ2) is 9.20. The van der Waals surface area contributed by atoms with Crippen molar-refractivity contribution in [2.45, 2.75) is 24.2 Å². The van der Waals surface area contributed by atoms with E-state index in [-0.39, 0.29) is 23.2 Å². The standard InChI is InChI=1S/C23H24FNO3S/c1-17-3-13-22(14-4-17)29(26,27)25-16-15-23(18-5-9-20(24)10-6-18)19-7-11-21(28-2)12-8-19/h3-14,23,25H,15-16H2,1-2H3. The minimum atomic E-state index is -3.58. The van der Waals surface area contributed by atoms with E-state index in [2.05, 4.69) is 4.72 Å². The minimum absolute atomic E-state index is 0.0813. The van der Waals surface area contributed by atoms with Gasteiger partial charge < -0.3 is 4.74 Å². The predicted octanol–water partition coefficient (Wildman–Crippen LogP) is 4.64. The average molecular weight is 414 g/mol. The van der Waals surface area contributed by atoms with Gasteiger partial charge in [-0.15, -0.1) is 0 Å². The van der Waals surface area contributed by atoms with Crippen molar-refractivity contribution < 1.29 is 17.5 Å². The van der Waals surface area contributed by atoms with Crippen molar-refractivity contribution >= 4 is 10.0 Å². The summed E-state index contributed by atoms with van der Waals surface area (Å²) < 4.78 is 46.3. The summed E-state index contributed by atoms with van der Waals surface area (Å²) in [5.41, 5.74) is 2.93. The van der Waals surface area contributed by atoms with E-state index in [1.54, 1.807) is 43.5 Å². The van der Waals surface area contributed by atoms with E-state index >= 15 is 0 Å². The summed E-state index contributed by atoms with van der Waals surface area (Å²) in [4.78, 5) is 0.242. The molecule has 1 atom stereocenters. The average Bonchev–Trinajstić information content (AvgIpc) is 2.72. The van der Waals surface area contributed by atoms with Crippen LogP contribution in [-0.4, -0.2) is 22.1 Å². The summed E-state index contributed by atoms with van der Waals surface area (Å²) in [6.07, 6.45) is 0.531. The first kappa shape index (κ1) is 21.0. The lowest BCUT2D eigenvalue weighted by atomic mass is 9.88. The van der Waals surface area contributed by atoms with Crippen LogP contribution >= 0.6 is 0 Å². The second-order valence-corrected chi connectivity index (χ2v) is 8.64. The van der Waals surface area contributed by atoms with Gasteiger partial charge in [0.15, 0.2) is 0 Å². The number of benzene rings is 3. The van der Waals surface area contributed by atoms with Gasteiger partial charge in [0, 0.05) is 12.5 Å². The monoisotopic (exact) mass is 413 g/mol. The van der Waals surface area contributed by atoms with Crippen molar-refractivity contribution in [1.82, 2.24) is 4.72 Å². The molecule has 0 amide bonds. The molecule has 0 aromatic heterocycles. The Hall–Kier alpha value is -2.70. The van der Waals surface area contributed by atoms with Crippen LogP contribution in [0.3, 0.4) is 0 Å². The molecular weight excluding hydrogens is 389 g/mol. The van der Waals surface area contributed by atoms with Crippen LogP contribution in [0.1, 0.15) is 29.0 Å². The number of rotatable bonds is 8. The lowest BCUT2D eigenvalue weighted by Gasteiger charge is -2.19. The smallest absolute Gasteiger partial charge is 0.240 e. The van der Waals surface area contributed by atoms with Gasteiger partial charge in [-0.05, 0) is 60.9 Å². The molecule has 0 spiro atoms. The van der Waals surface area contributed by atoms with Gasteiger partial charge in [-0.25, -0.2) is 17.5 Å². The quantitative estimate of drug-likeness (QED) is 0.585. The molecule has 0 heterocycles. The Balaban J connectivity index is 1.77. The highest BCUT2D eigenvalue weighted by atomic mass is 32.2. The van der Waals surface area contributed by atoms with E-state index in [0.717, 1.165) is 22.4 Å². The Kier molecular flexibility index (Phi) is 6.67. The molecule has 4 nitrogen and oxygen atoms in total. The molecule has 3 aromatic carbocycles. The zero-order chi connectivity index (χ0) is 20.9. The number of nitrogens with one attached hydrogen (secondary N) is 1. The maximum atomic E-state index is 13.4. The molecule has 3 rings (SSSR count). The summed E-state index contributed by atoms with van der Waals surface area (Å²) in [6.45, 7) is 2.16. The molecule has 0 saturated carbocycles. The Morgan fingerprint density at radius 3 is 2.00 bits per heavy atom. The zero-order valence-corrected chi connectivity index (χ0v) is 17.2. The summed E-state index contributed by atoms with van der Waals surface area (Å²) in [6, 6.07) is 20.7. The van der Waals surface area contributed by atoms with Gasteiger partial charge in [0.1, 0.15) is 11.6 Å². The number of hydrogen-bond donors (Lipinski definition) is 1. The lowest BCUT2D eigenvalue weighted by Crippen LogP contribution is -2.26. The highest BCUT2D eigenvalue weighted by Crippen LogP contribution is 2.29. The van der Waals surface area contributed by atoms with Crippen LogP contribution in [-0.2, 0) is 10.0 Å². The molecule has 0 aliphatic rings. The highest BCUT2D eigenvalue weighted by Gasteiger charge is 2.18. The van der Waals surface area contributed by atoms with Crippen LogP contribution in [0.25, 0.3) is 0 Å². The van der Waals surface area contributed by atoms with Gasteiger partial charge in [0.25, 0.3) is 0 Å². The van der Waals surface area contributed by atoms with Crippen LogP contribution in [0.15, 0.2) is 77.7 Å². The Morgan fingerprint density at radius 2 is 1.45 bits per heavy atom. The summed E-state index contributed by atoms with van der Waals surface area (Å²) >= 11 is 0. The van der Waals surface area contributed by atoms with Crippen LogP contribution in [0.2, 0.25) is 0 Å². The molecule has 1 unspecified atom stereocenters. The van der Waals surface area contributed by atoms with Crippen LogP contribution < -0.4 is 9.46 Å². The Bertz CT molecular complexity index is 1030. The topological polar surface area (TPSA) is 55.4 Å². The van der Waals surface area contributed by atoms with E-state index in [0.29, 0.717) is 6.42 Å². The maximum Gasteiger partial charge on any atom is 0.240 e. The fourth-order valence-corrected chi connectivity index (χ4v) is 4.24. The van der Waals surface area contributed by atoms with Gasteiger partial charge in [-0.2, -0.15) is 0 Å². The summed E-state index contributed by atoms with van der Waals surface area (Å²) in [5, 5.41) is 0. The number of sulfonamides is 1. The summed E-state index contributed by atoms with van der Waals surface area (Å²) in [7, 11) is -1.98. The number of hydrogen-bond acceptors (Lipinski definition) is 3. The van der Waals surface area contributed by atoms with Gasteiger partial charge in [0.2, 0.25) is 10.0 Å². The van der Waals surface area contributed by atoms with Gasteiger partial charge in [-0.1, -0.05) is 42.0 Å². The van der Waals surface area contributed by atoms with Gasteiger partial charge in [0.05, 0.1) is 12.0 Å². The van der Waals surface area contributed by atoms with Gasteiger partial charge in [-0.3, -0.25) is 0 Å². The molecule has 29 heavy (non-hydrogen) atoms. The van der Waals surface area contributed by atoms with E-state index in [1.165, 1.54) is 12.1 Å². The summed E-state index contributed by atoms with van der Waals surface area (Å²) in [5.74, 6) is 0.358. The van der Waals surface area contributed by atoms with Crippen molar-refractivity contribution in [3.8, 4) is 5.75 Å². The Labute approximate surface area is 171 Å². The van der Waals surface area contributed by atoms with Crippen LogP contribution in [0, 0.1) is 12.7 Å². The van der Waals surface area contributed by atoms with Crippen LogP contribution in [0.4, 0.5) is 4.39 Å². The van der Waals surface area contributed by atoms with E-state index < -0.39 is 10.0 Å².